The normalized spacial score (nSPS) is 11.9. The van der Waals surface area contributed by atoms with Gasteiger partial charge in [-0.25, -0.2) is 0 Å². The van der Waals surface area contributed by atoms with Crippen molar-refractivity contribution in [1.82, 2.24) is 5.32 Å². The summed E-state index contributed by atoms with van der Waals surface area (Å²) in [6.45, 7) is 6.89. The van der Waals surface area contributed by atoms with E-state index in [-0.39, 0.29) is 6.10 Å². The molecule has 0 radical (unpaired) electrons. The van der Waals surface area contributed by atoms with Crippen LogP contribution in [-0.4, -0.2) is 19.2 Å². The molecule has 0 heterocycles. The van der Waals surface area contributed by atoms with E-state index in [1.54, 1.807) is 0 Å². The van der Waals surface area contributed by atoms with Gasteiger partial charge in [-0.3, -0.25) is 0 Å². The van der Waals surface area contributed by atoms with Crippen molar-refractivity contribution in [2.75, 3.05) is 13.1 Å². The molecule has 1 atom stereocenters. The summed E-state index contributed by atoms with van der Waals surface area (Å²) < 4.78 is 11.9. The van der Waals surface area contributed by atoms with Crippen LogP contribution in [0.2, 0.25) is 0 Å². The molecule has 2 aromatic rings. The van der Waals surface area contributed by atoms with Crippen LogP contribution in [0.5, 0.6) is 11.5 Å². The SMILES string of the molecule is CCCNCC(CCC)Oc1ccc(OCc2ccccc2)cc1. The van der Waals surface area contributed by atoms with Crippen molar-refractivity contribution in [2.24, 2.45) is 0 Å². The van der Waals surface area contributed by atoms with E-state index in [2.05, 4.69) is 31.3 Å². The van der Waals surface area contributed by atoms with Crippen LogP contribution in [-0.2, 0) is 6.61 Å². The first-order chi connectivity index (χ1) is 11.8. The lowest BCUT2D eigenvalue weighted by Crippen LogP contribution is -2.31. The molecule has 0 saturated heterocycles. The first-order valence-corrected chi connectivity index (χ1v) is 8.96. The summed E-state index contributed by atoms with van der Waals surface area (Å²) in [5.41, 5.74) is 1.17. The number of ether oxygens (including phenoxy) is 2. The Morgan fingerprint density at radius 2 is 1.58 bits per heavy atom. The molecule has 0 bridgehead atoms. The Morgan fingerprint density at radius 3 is 2.25 bits per heavy atom. The Balaban J connectivity index is 1.83. The van der Waals surface area contributed by atoms with Crippen LogP contribution in [0.25, 0.3) is 0 Å². The lowest BCUT2D eigenvalue weighted by atomic mass is 10.2. The van der Waals surface area contributed by atoms with Gasteiger partial charge in [0.25, 0.3) is 0 Å². The molecule has 3 nitrogen and oxygen atoms in total. The summed E-state index contributed by atoms with van der Waals surface area (Å²) >= 11 is 0. The van der Waals surface area contributed by atoms with Crippen molar-refractivity contribution < 1.29 is 9.47 Å². The molecule has 2 aromatic carbocycles. The fraction of sp³-hybridized carbons (Fsp3) is 0.429. The van der Waals surface area contributed by atoms with Crippen molar-refractivity contribution in [3.63, 3.8) is 0 Å². The highest BCUT2D eigenvalue weighted by atomic mass is 16.5. The van der Waals surface area contributed by atoms with Gasteiger partial charge in [0.1, 0.15) is 24.2 Å². The quantitative estimate of drug-likeness (QED) is 0.601. The van der Waals surface area contributed by atoms with Crippen LogP contribution in [0.4, 0.5) is 0 Å². The van der Waals surface area contributed by atoms with Gasteiger partial charge in [0.05, 0.1) is 0 Å². The van der Waals surface area contributed by atoms with E-state index < -0.39 is 0 Å². The third-order valence-electron chi connectivity index (χ3n) is 3.78. The Kier molecular flexibility index (Phi) is 8.19. The van der Waals surface area contributed by atoms with Gasteiger partial charge >= 0.3 is 0 Å². The summed E-state index contributed by atoms with van der Waals surface area (Å²) in [5, 5.41) is 3.44. The zero-order chi connectivity index (χ0) is 17.0. The maximum Gasteiger partial charge on any atom is 0.120 e. The van der Waals surface area contributed by atoms with E-state index in [0.29, 0.717) is 6.61 Å². The molecule has 1 N–H and O–H groups in total. The predicted octanol–water partition coefficient (Wildman–Crippen LogP) is 4.81. The zero-order valence-electron chi connectivity index (χ0n) is 14.8. The minimum absolute atomic E-state index is 0.220. The van der Waals surface area contributed by atoms with Crippen LogP contribution < -0.4 is 14.8 Å². The molecule has 24 heavy (non-hydrogen) atoms. The van der Waals surface area contributed by atoms with Gasteiger partial charge in [-0.05, 0) is 49.2 Å². The van der Waals surface area contributed by atoms with Crippen LogP contribution in [0.1, 0.15) is 38.7 Å². The molecule has 1 unspecified atom stereocenters. The Morgan fingerprint density at radius 1 is 0.875 bits per heavy atom. The van der Waals surface area contributed by atoms with Crippen LogP contribution in [0.3, 0.4) is 0 Å². The first-order valence-electron chi connectivity index (χ1n) is 8.96. The molecule has 0 aliphatic rings. The van der Waals surface area contributed by atoms with Gasteiger partial charge in [0.2, 0.25) is 0 Å². The predicted molar refractivity (Wildman–Crippen MR) is 99.7 cm³/mol. The van der Waals surface area contributed by atoms with Crippen molar-refractivity contribution in [3.05, 3.63) is 60.2 Å². The molecular weight excluding hydrogens is 298 g/mol. The number of rotatable bonds is 11. The fourth-order valence-corrected chi connectivity index (χ4v) is 2.51. The molecule has 0 aromatic heterocycles. The Labute approximate surface area is 146 Å². The molecule has 0 amide bonds. The lowest BCUT2D eigenvalue weighted by molar-refractivity contribution is 0.186. The maximum absolute atomic E-state index is 6.10. The smallest absolute Gasteiger partial charge is 0.120 e. The maximum atomic E-state index is 6.10. The van der Waals surface area contributed by atoms with E-state index in [0.717, 1.165) is 43.9 Å². The first kappa shape index (κ1) is 18.3. The van der Waals surface area contributed by atoms with Crippen LogP contribution in [0.15, 0.2) is 54.6 Å². The van der Waals surface area contributed by atoms with E-state index >= 15 is 0 Å². The number of hydrogen-bond acceptors (Lipinski definition) is 3. The van der Waals surface area contributed by atoms with Crippen LogP contribution in [0, 0.1) is 0 Å². The molecule has 2 rings (SSSR count). The third-order valence-corrected chi connectivity index (χ3v) is 3.78. The molecule has 3 heteroatoms. The second-order valence-corrected chi connectivity index (χ2v) is 5.98. The molecular formula is C21H29NO2. The van der Waals surface area contributed by atoms with Crippen LogP contribution >= 0.6 is 0 Å². The lowest BCUT2D eigenvalue weighted by Gasteiger charge is -2.19. The fourth-order valence-electron chi connectivity index (χ4n) is 2.51. The number of nitrogens with one attached hydrogen (secondary N) is 1. The topological polar surface area (TPSA) is 30.5 Å². The van der Waals surface area contributed by atoms with Gasteiger partial charge in [-0.1, -0.05) is 50.6 Å². The highest BCUT2D eigenvalue weighted by Crippen LogP contribution is 2.20. The summed E-state index contributed by atoms with van der Waals surface area (Å²) in [6.07, 6.45) is 3.55. The number of hydrogen-bond donors (Lipinski definition) is 1. The monoisotopic (exact) mass is 327 g/mol. The molecule has 0 aliphatic carbocycles. The summed E-state index contributed by atoms with van der Waals surface area (Å²) in [6, 6.07) is 18.1. The Hall–Kier alpha value is -2.00. The summed E-state index contributed by atoms with van der Waals surface area (Å²) in [7, 11) is 0. The second kappa shape index (κ2) is 10.7. The third kappa shape index (κ3) is 6.63. The second-order valence-electron chi connectivity index (χ2n) is 5.98. The van der Waals surface area contributed by atoms with Crippen molar-refractivity contribution in [2.45, 2.75) is 45.8 Å². The number of benzene rings is 2. The van der Waals surface area contributed by atoms with Gasteiger partial charge in [-0.2, -0.15) is 0 Å². The van der Waals surface area contributed by atoms with E-state index in [1.165, 1.54) is 5.56 Å². The van der Waals surface area contributed by atoms with Crippen molar-refractivity contribution in [3.8, 4) is 11.5 Å². The van der Waals surface area contributed by atoms with Gasteiger partial charge in [-0.15, -0.1) is 0 Å². The van der Waals surface area contributed by atoms with Gasteiger partial charge in [0, 0.05) is 6.54 Å². The largest absolute Gasteiger partial charge is 0.489 e. The van der Waals surface area contributed by atoms with E-state index in [9.17, 15) is 0 Å². The highest BCUT2D eigenvalue weighted by Gasteiger charge is 2.09. The summed E-state index contributed by atoms with van der Waals surface area (Å²) in [5.74, 6) is 1.76. The van der Waals surface area contributed by atoms with Gasteiger partial charge < -0.3 is 14.8 Å². The highest BCUT2D eigenvalue weighted by molar-refractivity contribution is 5.31. The van der Waals surface area contributed by atoms with E-state index in [4.69, 9.17) is 9.47 Å². The minimum Gasteiger partial charge on any atom is -0.489 e. The molecule has 0 fully saturated rings. The molecule has 130 valence electrons. The summed E-state index contributed by atoms with van der Waals surface area (Å²) in [4.78, 5) is 0. The van der Waals surface area contributed by atoms with Crippen molar-refractivity contribution in [1.29, 1.82) is 0 Å². The van der Waals surface area contributed by atoms with Crippen molar-refractivity contribution >= 4 is 0 Å². The zero-order valence-corrected chi connectivity index (χ0v) is 14.8. The van der Waals surface area contributed by atoms with E-state index in [1.807, 2.05) is 42.5 Å². The average Bonchev–Trinajstić information content (AvgIpc) is 2.62. The average molecular weight is 327 g/mol. The molecule has 0 spiro atoms. The minimum atomic E-state index is 0.220. The van der Waals surface area contributed by atoms with Gasteiger partial charge in [0.15, 0.2) is 0 Å². The standard InChI is InChI=1S/C21H29NO2/c1-3-8-21(16-22-15-4-2)24-20-13-11-19(12-14-20)23-17-18-9-6-5-7-10-18/h5-7,9-14,21-22H,3-4,8,15-17H2,1-2H3. The molecule has 0 saturated carbocycles. The molecule has 0 aliphatic heterocycles. The Bertz CT molecular complexity index is 554.